The smallest absolute Gasteiger partial charge is 0.201 e. The number of hydrogen-bond donors (Lipinski definition) is 3. The van der Waals surface area contributed by atoms with Crippen molar-refractivity contribution in [3.05, 3.63) is 18.2 Å². The average Bonchev–Trinajstić information content (AvgIpc) is 2.91. The lowest BCUT2D eigenvalue weighted by Gasteiger charge is -2.11. The van der Waals surface area contributed by atoms with Gasteiger partial charge in [-0.05, 0) is 37.6 Å². The number of nitrogens with zero attached hydrogens (tertiary/aromatic N) is 2. The van der Waals surface area contributed by atoms with Crippen LogP contribution < -0.4 is 11.1 Å². The molecule has 1 saturated heterocycles. The Morgan fingerprint density at radius 2 is 2.41 bits per heavy atom. The molecule has 0 bridgehead atoms. The largest absolute Gasteiger partial charge is 0.506 e. The van der Waals surface area contributed by atoms with Crippen LogP contribution in [0, 0.1) is 5.92 Å². The second-order valence-electron chi connectivity index (χ2n) is 4.58. The van der Waals surface area contributed by atoms with E-state index in [0.29, 0.717) is 17.4 Å². The third-order valence-electron chi connectivity index (χ3n) is 3.39. The summed E-state index contributed by atoms with van der Waals surface area (Å²) in [6.45, 7) is 2.96. The molecule has 17 heavy (non-hydrogen) atoms. The molecule has 0 saturated carbocycles. The van der Waals surface area contributed by atoms with Crippen molar-refractivity contribution in [3.8, 4) is 5.75 Å². The van der Waals surface area contributed by atoms with E-state index >= 15 is 0 Å². The predicted molar refractivity (Wildman–Crippen MR) is 66.8 cm³/mol. The minimum absolute atomic E-state index is 0.192. The number of phenols is 1. The second kappa shape index (κ2) is 3.92. The standard InChI is InChI=1S/C12H16N4O/c13-12-15-11-9(2-1-3-10(11)17)16(12)7-8-4-5-14-6-8/h1-3,8,14,17H,4-7H2,(H2,13,15). The normalized spacial score (nSPS) is 20.1. The molecule has 0 amide bonds. The molecule has 4 N–H and O–H groups in total. The third-order valence-corrected chi connectivity index (χ3v) is 3.39. The van der Waals surface area contributed by atoms with E-state index in [2.05, 4.69) is 10.3 Å². The molecular formula is C12H16N4O. The first-order chi connectivity index (χ1) is 8.25. The zero-order valence-corrected chi connectivity index (χ0v) is 9.56. The second-order valence-corrected chi connectivity index (χ2v) is 4.58. The fourth-order valence-electron chi connectivity index (χ4n) is 2.47. The lowest BCUT2D eigenvalue weighted by atomic mass is 10.1. The van der Waals surface area contributed by atoms with Crippen LogP contribution in [0.2, 0.25) is 0 Å². The first kappa shape index (κ1) is 10.4. The highest BCUT2D eigenvalue weighted by Crippen LogP contribution is 2.27. The van der Waals surface area contributed by atoms with Gasteiger partial charge in [-0.1, -0.05) is 6.07 Å². The SMILES string of the molecule is Nc1nc2c(O)cccc2n1CC1CCNC1. The van der Waals surface area contributed by atoms with Crippen molar-refractivity contribution in [2.75, 3.05) is 18.8 Å². The molecule has 2 heterocycles. The molecule has 1 aromatic heterocycles. The molecule has 0 radical (unpaired) electrons. The number of hydrogen-bond acceptors (Lipinski definition) is 4. The summed E-state index contributed by atoms with van der Waals surface area (Å²) < 4.78 is 1.99. The molecular weight excluding hydrogens is 216 g/mol. The van der Waals surface area contributed by atoms with E-state index in [1.165, 1.54) is 0 Å². The van der Waals surface area contributed by atoms with E-state index in [1.54, 1.807) is 6.07 Å². The number of nitrogens with two attached hydrogens (primary N) is 1. The number of nitrogens with one attached hydrogen (secondary N) is 1. The summed E-state index contributed by atoms with van der Waals surface area (Å²) in [4.78, 5) is 4.23. The Kier molecular flexibility index (Phi) is 2.40. The average molecular weight is 232 g/mol. The number of aromatic nitrogens is 2. The molecule has 1 fully saturated rings. The molecule has 0 aliphatic carbocycles. The van der Waals surface area contributed by atoms with Crippen LogP contribution in [-0.4, -0.2) is 27.7 Å². The number of benzene rings is 1. The number of rotatable bonds is 2. The van der Waals surface area contributed by atoms with E-state index in [4.69, 9.17) is 5.73 Å². The van der Waals surface area contributed by atoms with Crippen LogP contribution in [0.3, 0.4) is 0 Å². The third kappa shape index (κ3) is 1.72. The number of fused-ring (bicyclic) bond motifs is 1. The van der Waals surface area contributed by atoms with Crippen LogP contribution in [-0.2, 0) is 6.54 Å². The fraction of sp³-hybridized carbons (Fsp3) is 0.417. The highest BCUT2D eigenvalue weighted by atomic mass is 16.3. The quantitative estimate of drug-likeness (QED) is 0.720. The van der Waals surface area contributed by atoms with Gasteiger partial charge in [0.15, 0.2) is 0 Å². The summed E-state index contributed by atoms with van der Waals surface area (Å²) in [5, 5.41) is 13.1. The first-order valence-electron chi connectivity index (χ1n) is 5.90. The summed E-state index contributed by atoms with van der Waals surface area (Å²) in [5.74, 6) is 1.27. The van der Waals surface area contributed by atoms with Crippen molar-refractivity contribution >= 4 is 17.0 Å². The van der Waals surface area contributed by atoms with Crippen molar-refractivity contribution in [2.24, 2.45) is 5.92 Å². The van der Waals surface area contributed by atoms with Gasteiger partial charge in [-0.25, -0.2) is 4.98 Å². The fourth-order valence-corrected chi connectivity index (χ4v) is 2.47. The van der Waals surface area contributed by atoms with E-state index in [9.17, 15) is 5.11 Å². The van der Waals surface area contributed by atoms with E-state index in [-0.39, 0.29) is 5.75 Å². The summed E-state index contributed by atoms with van der Waals surface area (Å²) >= 11 is 0. The Morgan fingerprint density at radius 3 is 3.18 bits per heavy atom. The Hall–Kier alpha value is -1.75. The molecule has 2 aromatic rings. The van der Waals surface area contributed by atoms with Crippen molar-refractivity contribution < 1.29 is 5.11 Å². The minimum Gasteiger partial charge on any atom is -0.506 e. The maximum atomic E-state index is 9.73. The molecule has 1 unspecified atom stereocenters. The summed E-state index contributed by atoms with van der Waals surface area (Å²) in [6.07, 6.45) is 1.16. The highest BCUT2D eigenvalue weighted by Gasteiger charge is 2.18. The maximum Gasteiger partial charge on any atom is 0.201 e. The van der Waals surface area contributed by atoms with Crippen LogP contribution in [0.1, 0.15) is 6.42 Å². The summed E-state index contributed by atoms with van der Waals surface area (Å²) in [6, 6.07) is 5.40. The van der Waals surface area contributed by atoms with E-state index < -0.39 is 0 Å². The van der Waals surface area contributed by atoms with Gasteiger partial charge in [0, 0.05) is 6.54 Å². The maximum absolute atomic E-state index is 9.73. The van der Waals surface area contributed by atoms with Gasteiger partial charge in [-0.3, -0.25) is 0 Å². The summed E-state index contributed by atoms with van der Waals surface area (Å²) in [5.41, 5.74) is 7.43. The van der Waals surface area contributed by atoms with Crippen molar-refractivity contribution in [2.45, 2.75) is 13.0 Å². The molecule has 1 aromatic carbocycles. The Bertz CT molecular complexity index is 543. The molecule has 1 aliphatic rings. The summed E-state index contributed by atoms with van der Waals surface area (Å²) in [7, 11) is 0. The number of imidazole rings is 1. The van der Waals surface area contributed by atoms with Gasteiger partial charge in [0.2, 0.25) is 5.95 Å². The predicted octanol–water partition coefficient (Wildman–Crippen LogP) is 0.934. The van der Waals surface area contributed by atoms with Crippen molar-refractivity contribution in [3.63, 3.8) is 0 Å². The Morgan fingerprint density at radius 1 is 1.53 bits per heavy atom. The first-order valence-corrected chi connectivity index (χ1v) is 5.90. The molecule has 5 heteroatoms. The zero-order valence-electron chi connectivity index (χ0n) is 9.56. The van der Waals surface area contributed by atoms with Gasteiger partial charge in [0.05, 0.1) is 5.52 Å². The van der Waals surface area contributed by atoms with Gasteiger partial charge in [0.1, 0.15) is 11.3 Å². The number of anilines is 1. The van der Waals surface area contributed by atoms with Crippen LogP contribution in [0.5, 0.6) is 5.75 Å². The lowest BCUT2D eigenvalue weighted by Crippen LogP contribution is -2.15. The van der Waals surface area contributed by atoms with Gasteiger partial charge in [-0.2, -0.15) is 0 Å². The van der Waals surface area contributed by atoms with Gasteiger partial charge >= 0.3 is 0 Å². The minimum atomic E-state index is 0.192. The number of para-hydroxylation sites is 1. The number of aromatic hydroxyl groups is 1. The van der Waals surface area contributed by atoms with E-state index in [0.717, 1.165) is 31.6 Å². The molecule has 1 atom stereocenters. The highest BCUT2D eigenvalue weighted by molar-refractivity contribution is 5.83. The Balaban J connectivity index is 2.02. The molecule has 90 valence electrons. The van der Waals surface area contributed by atoms with Crippen LogP contribution >= 0.6 is 0 Å². The van der Waals surface area contributed by atoms with Gasteiger partial charge < -0.3 is 20.7 Å². The molecule has 3 rings (SSSR count). The molecule has 1 aliphatic heterocycles. The topological polar surface area (TPSA) is 76.1 Å². The van der Waals surface area contributed by atoms with E-state index in [1.807, 2.05) is 16.7 Å². The molecule has 0 spiro atoms. The Labute approximate surface area is 99.3 Å². The van der Waals surface area contributed by atoms with Crippen molar-refractivity contribution in [1.82, 2.24) is 14.9 Å². The van der Waals surface area contributed by atoms with Crippen molar-refractivity contribution in [1.29, 1.82) is 0 Å². The van der Waals surface area contributed by atoms with Crippen LogP contribution in [0.15, 0.2) is 18.2 Å². The van der Waals surface area contributed by atoms with Gasteiger partial charge in [-0.15, -0.1) is 0 Å². The number of phenolic OH excluding ortho intramolecular Hbond substituents is 1. The monoisotopic (exact) mass is 232 g/mol. The molecule has 5 nitrogen and oxygen atoms in total. The van der Waals surface area contributed by atoms with Crippen LogP contribution in [0.4, 0.5) is 5.95 Å². The number of nitrogen functional groups attached to an aromatic ring is 1. The van der Waals surface area contributed by atoms with Crippen LogP contribution in [0.25, 0.3) is 11.0 Å². The zero-order chi connectivity index (χ0) is 11.8. The lowest BCUT2D eigenvalue weighted by molar-refractivity contribution is 0.480. The van der Waals surface area contributed by atoms with Gasteiger partial charge in [0.25, 0.3) is 0 Å².